The molecule has 2 N–H and O–H groups in total. The van der Waals surface area contributed by atoms with E-state index in [0.29, 0.717) is 18.8 Å². The molecule has 1 aliphatic carbocycles. The molecule has 2 rings (SSSR count). The summed E-state index contributed by atoms with van der Waals surface area (Å²) >= 11 is 0. The van der Waals surface area contributed by atoms with E-state index in [1.807, 2.05) is 0 Å². The fourth-order valence-corrected chi connectivity index (χ4v) is 2.56. The molecule has 0 aromatic heterocycles. The molecule has 0 radical (unpaired) electrons. The van der Waals surface area contributed by atoms with Crippen molar-refractivity contribution in [3.63, 3.8) is 0 Å². The van der Waals surface area contributed by atoms with Crippen molar-refractivity contribution in [2.45, 2.75) is 38.4 Å². The molecule has 0 bridgehead atoms. The molecule has 0 spiro atoms. The molecule has 1 aliphatic heterocycles. The van der Waals surface area contributed by atoms with Gasteiger partial charge in [0.25, 0.3) is 0 Å². The van der Waals surface area contributed by atoms with Crippen LogP contribution < -0.4 is 5.73 Å². The summed E-state index contributed by atoms with van der Waals surface area (Å²) in [6.07, 6.45) is 4.50. The first-order valence-electron chi connectivity index (χ1n) is 6.23. The summed E-state index contributed by atoms with van der Waals surface area (Å²) in [4.78, 5) is 2.43. The lowest BCUT2D eigenvalue weighted by atomic mass is 10.2. The van der Waals surface area contributed by atoms with Crippen molar-refractivity contribution in [2.24, 2.45) is 17.6 Å². The highest BCUT2D eigenvalue weighted by atomic mass is 16.5. The molecular formula is C12H24N2O. The van der Waals surface area contributed by atoms with Gasteiger partial charge >= 0.3 is 0 Å². The Labute approximate surface area is 93.0 Å². The van der Waals surface area contributed by atoms with Crippen LogP contribution in [-0.2, 0) is 4.74 Å². The van der Waals surface area contributed by atoms with Crippen LogP contribution in [0.25, 0.3) is 0 Å². The van der Waals surface area contributed by atoms with E-state index in [9.17, 15) is 0 Å². The van der Waals surface area contributed by atoms with E-state index in [0.717, 1.165) is 24.8 Å². The van der Waals surface area contributed by atoms with E-state index in [1.165, 1.54) is 19.4 Å². The Morgan fingerprint density at radius 3 is 2.47 bits per heavy atom. The van der Waals surface area contributed by atoms with Gasteiger partial charge in [0, 0.05) is 19.6 Å². The quantitative estimate of drug-likeness (QED) is 0.741. The van der Waals surface area contributed by atoms with Crippen molar-refractivity contribution >= 4 is 0 Å². The van der Waals surface area contributed by atoms with E-state index in [2.05, 4.69) is 18.9 Å². The molecule has 15 heavy (non-hydrogen) atoms. The van der Waals surface area contributed by atoms with Crippen LogP contribution in [0.2, 0.25) is 0 Å². The van der Waals surface area contributed by atoms with Crippen LogP contribution in [0.3, 0.4) is 0 Å². The topological polar surface area (TPSA) is 38.5 Å². The number of hydrogen-bond donors (Lipinski definition) is 1. The van der Waals surface area contributed by atoms with Crippen LogP contribution in [0, 0.1) is 11.8 Å². The minimum atomic E-state index is 0.322. The van der Waals surface area contributed by atoms with Crippen LogP contribution in [0.15, 0.2) is 0 Å². The van der Waals surface area contributed by atoms with Crippen molar-refractivity contribution in [3.05, 3.63) is 0 Å². The average molecular weight is 212 g/mol. The first kappa shape index (κ1) is 11.4. The highest BCUT2D eigenvalue weighted by molar-refractivity contribution is 4.85. The zero-order chi connectivity index (χ0) is 10.8. The van der Waals surface area contributed by atoms with E-state index in [1.54, 1.807) is 0 Å². The average Bonchev–Trinajstić information content (AvgIpc) is 2.72. The van der Waals surface area contributed by atoms with Crippen molar-refractivity contribution in [1.29, 1.82) is 0 Å². The highest BCUT2D eigenvalue weighted by Crippen LogP contribution is 2.38. The normalized spacial score (nSPS) is 40.0. The molecule has 3 heteroatoms. The molecule has 2 fully saturated rings. The molecule has 3 nitrogen and oxygen atoms in total. The summed E-state index contributed by atoms with van der Waals surface area (Å²) in [5, 5.41) is 0. The van der Waals surface area contributed by atoms with Gasteiger partial charge in [-0.1, -0.05) is 6.92 Å². The SMILES string of the molecule is CC1CC1CN(C)CC1CCC(CN)O1. The Hall–Kier alpha value is -0.120. The minimum Gasteiger partial charge on any atom is -0.372 e. The van der Waals surface area contributed by atoms with Gasteiger partial charge in [-0.3, -0.25) is 0 Å². The Balaban J connectivity index is 1.64. The summed E-state index contributed by atoms with van der Waals surface area (Å²) in [5.74, 6) is 1.90. The monoisotopic (exact) mass is 212 g/mol. The van der Waals surface area contributed by atoms with E-state index in [-0.39, 0.29) is 0 Å². The smallest absolute Gasteiger partial charge is 0.0707 e. The van der Waals surface area contributed by atoms with Crippen LogP contribution in [0.1, 0.15) is 26.2 Å². The zero-order valence-electron chi connectivity index (χ0n) is 9.98. The Bertz CT molecular complexity index is 210. The Morgan fingerprint density at radius 1 is 1.27 bits per heavy atom. The van der Waals surface area contributed by atoms with E-state index in [4.69, 9.17) is 10.5 Å². The minimum absolute atomic E-state index is 0.322. The highest BCUT2D eigenvalue weighted by Gasteiger charge is 2.34. The van der Waals surface area contributed by atoms with Gasteiger partial charge in [0.15, 0.2) is 0 Å². The predicted molar refractivity (Wildman–Crippen MR) is 61.7 cm³/mol. The second-order valence-corrected chi connectivity index (χ2v) is 5.39. The van der Waals surface area contributed by atoms with Crippen molar-refractivity contribution < 1.29 is 4.74 Å². The molecule has 1 heterocycles. The lowest BCUT2D eigenvalue weighted by molar-refractivity contribution is 0.0310. The molecular weight excluding hydrogens is 188 g/mol. The van der Waals surface area contributed by atoms with Gasteiger partial charge < -0.3 is 15.4 Å². The largest absolute Gasteiger partial charge is 0.372 e. The number of hydrogen-bond acceptors (Lipinski definition) is 3. The molecule has 2 aliphatic rings. The van der Waals surface area contributed by atoms with Gasteiger partial charge in [0.05, 0.1) is 12.2 Å². The predicted octanol–water partition coefficient (Wildman–Crippen LogP) is 1.08. The number of nitrogens with zero attached hydrogens (tertiary/aromatic N) is 1. The first-order valence-corrected chi connectivity index (χ1v) is 6.23. The number of ether oxygens (including phenoxy) is 1. The zero-order valence-corrected chi connectivity index (χ0v) is 9.98. The summed E-state index contributed by atoms with van der Waals surface area (Å²) in [6.45, 7) is 5.35. The summed E-state index contributed by atoms with van der Waals surface area (Å²) in [6, 6.07) is 0. The maximum Gasteiger partial charge on any atom is 0.0707 e. The van der Waals surface area contributed by atoms with Gasteiger partial charge in [-0.2, -0.15) is 0 Å². The van der Waals surface area contributed by atoms with Crippen molar-refractivity contribution in [3.8, 4) is 0 Å². The van der Waals surface area contributed by atoms with Crippen molar-refractivity contribution in [1.82, 2.24) is 4.90 Å². The summed E-state index contributed by atoms with van der Waals surface area (Å²) in [7, 11) is 2.21. The third-order valence-corrected chi connectivity index (χ3v) is 3.80. The summed E-state index contributed by atoms with van der Waals surface area (Å²) in [5.41, 5.74) is 5.60. The molecule has 4 atom stereocenters. The second-order valence-electron chi connectivity index (χ2n) is 5.39. The van der Waals surface area contributed by atoms with Crippen LogP contribution >= 0.6 is 0 Å². The third kappa shape index (κ3) is 3.16. The van der Waals surface area contributed by atoms with Gasteiger partial charge in [-0.05, 0) is 38.1 Å². The van der Waals surface area contributed by atoms with Crippen LogP contribution in [0.5, 0.6) is 0 Å². The third-order valence-electron chi connectivity index (χ3n) is 3.80. The molecule has 1 saturated heterocycles. The van der Waals surface area contributed by atoms with Crippen LogP contribution in [0.4, 0.5) is 0 Å². The fraction of sp³-hybridized carbons (Fsp3) is 1.00. The summed E-state index contributed by atoms with van der Waals surface area (Å²) < 4.78 is 5.84. The van der Waals surface area contributed by atoms with E-state index < -0.39 is 0 Å². The Kier molecular flexibility index (Phi) is 3.65. The molecule has 1 saturated carbocycles. The molecule has 0 aromatic rings. The van der Waals surface area contributed by atoms with Gasteiger partial charge in [0.2, 0.25) is 0 Å². The fourth-order valence-electron chi connectivity index (χ4n) is 2.56. The maximum atomic E-state index is 5.84. The lowest BCUT2D eigenvalue weighted by Crippen LogP contribution is -2.32. The second kappa shape index (κ2) is 4.81. The van der Waals surface area contributed by atoms with Gasteiger partial charge in [0.1, 0.15) is 0 Å². The van der Waals surface area contributed by atoms with Crippen LogP contribution in [-0.4, -0.2) is 43.8 Å². The Morgan fingerprint density at radius 2 is 1.93 bits per heavy atom. The molecule has 0 aromatic carbocycles. The number of rotatable bonds is 5. The lowest BCUT2D eigenvalue weighted by Gasteiger charge is -2.21. The van der Waals surface area contributed by atoms with Gasteiger partial charge in [-0.15, -0.1) is 0 Å². The standard InChI is InChI=1S/C12H24N2O/c1-9-5-10(9)7-14(2)8-12-4-3-11(6-13)15-12/h9-12H,3-8,13H2,1-2H3. The maximum absolute atomic E-state index is 5.84. The number of nitrogens with two attached hydrogens (primary N) is 1. The van der Waals surface area contributed by atoms with Gasteiger partial charge in [-0.25, -0.2) is 0 Å². The molecule has 0 amide bonds. The first-order chi connectivity index (χ1) is 7.19. The van der Waals surface area contributed by atoms with E-state index >= 15 is 0 Å². The molecule has 88 valence electrons. The number of likely N-dealkylation sites (N-methyl/N-ethyl adjacent to an activating group) is 1. The van der Waals surface area contributed by atoms with Crippen molar-refractivity contribution in [2.75, 3.05) is 26.7 Å². The molecule has 4 unspecified atom stereocenters.